The Balaban J connectivity index is 1.41. The third-order valence-electron chi connectivity index (χ3n) is 6.07. The molecule has 0 aliphatic carbocycles. The number of hydrogen-bond donors (Lipinski definition) is 1. The second-order valence-electron chi connectivity index (χ2n) is 8.50. The number of amides is 1. The summed E-state index contributed by atoms with van der Waals surface area (Å²) in [6.45, 7) is 2.66. The molecule has 0 aliphatic heterocycles. The van der Waals surface area contributed by atoms with Crippen LogP contribution in [0.5, 0.6) is 0 Å². The van der Waals surface area contributed by atoms with Gasteiger partial charge in [0, 0.05) is 40.2 Å². The van der Waals surface area contributed by atoms with Crippen molar-refractivity contribution in [3.63, 3.8) is 0 Å². The molecule has 0 atom stereocenters. The van der Waals surface area contributed by atoms with E-state index >= 15 is 0 Å². The molecule has 3 nitrogen and oxygen atoms in total. The van der Waals surface area contributed by atoms with Crippen LogP contribution in [0.4, 0.5) is 0 Å². The highest BCUT2D eigenvalue weighted by atomic mass is 32.2. The van der Waals surface area contributed by atoms with Crippen LogP contribution in [0.25, 0.3) is 16.6 Å². The van der Waals surface area contributed by atoms with E-state index in [2.05, 4.69) is 102 Å². The molecule has 0 saturated heterocycles. The number of carbonyl (C=O) groups is 1. The van der Waals surface area contributed by atoms with E-state index in [9.17, 15) is 4.79 Å². The molecule has 35 heavy (non-hydrogen) atoms. The van der Waals surface area contributed by atoms with Crippen LogP contribution in [0, 0.1) is 0 Å². The van der Waals surface area contributed by atoms with Crippen molar-refractivity contribution in [1.82, 2.24) is 9.88 Å². The van der Waals surface area contributed by atoms with E-state index in [0.717, 1.165) is 34.3 Å². The van der Waals surface area contributed by atoms with Crippen molar-refractivity contribution < 1.29 is 4.79 Å². The van der Waals surface area contributed by atoms with Gasteiger partial charge >= 0.3 is 0 Å². The molecule has 0 unspecified atom stereocenters. The van der Waals surface area contributed by atoms with Gasteiger partial charge in [0.05, 0.1) is 5.52 Å². The second kappa shape index (κ2) is 10.7. The number of fused-ring (bicyclic) bond motifs is 1. The van der Waals surface area contributed by atoms with Crippen LogP contribution < -0.4 is 5.32 Å². The van der Waals surface area contributed by atoms with Crippen molar-refractivity contribution in [2.75, 3.05) is 5.75 Å². The summed E-state index contributed by atoms with van der Waals surface area (Å²) in [5, 5.41) is 4.14. The standard InChI is InChI=1S/C31H28N2OS/c1-2-35-29-16-13-24(14-17-29)22-32-31(34)25-15-18-30-26(20-25)21-28(19-23-9-5-3-6-10-23)33(30)27-11-7-4-8-12-27/h3-18,20-21H,2,19,22H2,1H3,(H,32,34). The Hall–Kier alpha value is -3.76. The minimum Gasteiger partial charge on any atom is -0.348 e. The van der Waals surface area contributed by atoms with Crippen LogP contribution in [0.2, 0.25) is 0 Å². The van der Waals surface area contributed by atoms with Crippen molar-refractivity contribution in [2.45, 2.75) is 24.8 Å². The second-order valence-corrected chi connectivity index (χ2v) is 9.84. The van der Waals surface area contributed by atoms with Gasteiger partial charge in [0.2, 0.25) is 0 Å². The summed E-state index contributed by atoms with van der Waals surface area (Å²) in [6.07, 6.45) is 0.818. The zero-order valence-electron chi connectivity index (χ0n) is 19.8. The summed E-state index contributed by atoms with van der Waals surface area (Å²) in [7, 11) is 0. The number of carbonyl (C=O) groups excluding carboxylic acids is 1. The minimum absolute atomic E-state index is 0.0593. The number of benzene rings is 4. The highest BCUT2D eigenvalue weighted by molar-refractivity contribution is 7.99. The summed E-state index contributed by atoms with van der Waals surface area (Å²) in [4.78, 5) is 14.2. The van der Waals surface area contributed by atoms with Crippen LogP contribution in [0.1, 0.15) is 34.1 Å². The topological polar surface area (TPSA) is 34.0 Å². The average Bonchev–Trinajstić information content (AvgIpc) is 3.26. The van der Waals surface area contributed by atoms with Crippen molar-refractivity contribution >= 4 is 28.6 Å². The lowest BCUT2D eigenvalue weighted by atomic mass is 10.1. The molecule has 4 heteroatoms. The maximum Gasteiger partial charge on any atom is 0.251 e. The van der Waals surface area contributed by atoms with Crippen molar-refractivity contribution in [3.05, 3.63) is 132 Å². The summed E-state index contributed by atoms with van der Waals surface area (Å²) >= 11 is 1.82. The first-order valence-corrected chi connectivity index (χ1v) is 12.9. The summed E-state index contributed by atoms with van der Waals surface area (Å²) in [6, 6.07) is 37.5. The first-order chi connectivity index (χ1) is 17.2. The lowest BCUT2D eigenvalue weighted by molar-refractivity contribution is 0.0951. The van der Waals surface area contributed by atoms with Gasteiger partial charge in [-0.1, -0.05) is 67.6 Å². The Morgan fingerprint density at radius 1 is 0.800 bits per heavy atom. The number of nitrogens with one attached hydrogen (secondary N) is 1. The zero-order chi connectivity index (χ0) is 24.0. The highest BCUT2D eigenvalue weighted by Gasteiger charge is 2.14. The largest absolute Gasteiger partial charge is 0.348 e. The molecule has 1 amide bonds. The van der Waals surface area contributed by atoms with Crippen molar-refractivity contribution in [1.29, 1.82) is 0 Å². The predicted molar refractivity (Wildman–Crippen MR) is 147 cm³/mol. The monoisotopic (exact) mass is 476 g/mol. The third kappa shape index (κ3) is 5.33. The van der Waals surface area contributed by atoms with E-state index < -0.39 is 0 Å². The van der Waals surface area contributed by atoms with Crippen molar-refractivity contribution in [2.24, 2.45) is 0 Å². The van der Waals surface area contributed by atoms with Gasteiger partial charge in [-0.05, 0) is 65.4 Å². The number of para-hydroxylation sites is 1. The smallest absolute Gasteiger partial charge is 0.251 e. The molecule has 5 aromatic rings. The SMILES string of the molecule is CCSc1ccc(CNC(=O)c2ccc3c(c2)cc(Cc2ccccc2)n3-c2ccccc2)cc1. The van der Waals surface area contributed by atoms with Gasteiger partial charge in [0.1, 0.15) is 0 Å². The molecule has 4 aromatic carbocycles. The molecule has 1 heterocycles. The maximum absolute atomic E-state index is 13.0. The zero-order valence-corrected chi connectivity index (χ0v) is 20.6. The van der Waals surface area contributed by atoms with Crippen LogP contribution >= 0.6 is 11.8 Å². The summed E-state index contributed by atoms with van der Waals surface area (Å²) in [5.74, 6) is 0.994. The normalized spacial score (nSPS) is 11.0. The molecule has 0 bridgehead atoms. The van der Waals surface area contributed by atoms with Gasteiger partial charge < -0.3 is 9.88 Å². The molecular weight excluding hydrogens is 448 g/mol. The maximum atomic E-state index is 13.0. The van der Waals surface area contributed by atoms with E-state index in [1.54, 1.807) is 0 Å². The van der Waals surface area contributed by atoms with Crippen molar-refractivity contribution in [3.8, 4) is 5.69 Å². The molecular formula is C31H28N2OS. The van der Waals surface area contributed by atoms with Gasteiger partial charge in [0.25, 0.3) is 5.91 Å². The molecule has 1 aromatic heterocycles. The Morgan fingerprint density at radius 2 is 1.51 bits per heavy atom. The van der Waals surface area contributed by atoms with Gasteiger partial charge in [-0.15, -0.1) is 11.8 Å². The Labute approximate surface area is 210 Å². The van der Waals surface area contributed by atoms with E-state index in [1.165, 1.54) is 16.2 Å². The van der Waals surface area contributed by atoms with E-state index in [0.29, 0.717) is 12.1 Å². The predicted octanol–water partition coefficient (Wildman–Crippen LogP) is 7.26. The van der Waals surface area contributed by atoms with Gasteiger partial charge in [-0.3, -0.25) is 4.79 Å². The van der Waals surface area contributed by atoms with Crippen LogP contribution in [-0.4, -0.2) is 16.2 Å². The first-order valence-electron chi connectivity index (χ1n) is 11.9. The molecule has 0 spiro atoms. The lowest BCUT2D eigenvalue weighted by Gasteiger charge is -2.11. The fraction of sp³-hybridized carbons (Fsp3) is 0.129. The third-order valence-corrected chi connectivity index (χ3v) is 6.96. The molecule has 0 fully saturated rings. The van der Waals surface area contributed by atoms with E-state index in [1.807, 2.05) is 36.0 Å². The van der Waals surface area contributed by atoms with E-state index in [-0.39, 0.29) is 5.91 Å². The highest BCUT2D eigenvalue weighted by Crippen LogP contribution is 2.27. The van der Waals surface area contributed by atoms with Crippen LogP contribution in [0.3, 0.4) is 0 Å². The van der Waals surface area contributed by atoms with Gasteiger partial charge in [-0.25, -0.2) is 0 Å². The molecule has 0 radical (unpaired) electrons. The lowest BCUT2D eigenvalue weighted by Crippen LogP contribution is -2.22. The molecule has 0 aliphatic rings. The fourth-order valence-corrected chi connectivity index (χ4v) is 5.05. The van der Waals surface area contributed by atoms with Crippen LogP contribution in [-0.2, 0) is 13.0 Å². The Bertz CT molecular complexity index is 1420. The van der Waals surface area contributed by atoms with E-state index in [4.69, 9.17) is 0 Å². The molecule has 174 valence electrons. The van der Waals surface area contributed by atoms with Crippen LogP contribution in [0.15, 0.2) is 114 Å². The number of rotatable bonds is 8. The van der Waals surface area contributed by atoms with Gasteiger partial charge in [-0.2, -0.15) is 0 Å². The number of aromatic nitrogens is 1. The molecule has 1 N–H and O–H groups in total. The average molecular weight is 477 g/mol. The number of hydrogen-bond acceptors (Lipinski definition) is 2. The molecule has 5 rings (SSSR count). The number of nitrogens with zero attached hydrogens (tertiary/aromatic N) is 1. The Morgan fingerprint density at radius 3 is 2.23 bits per heavy atom. The quantitative estimate of drug-likeness (QED) is 0.239. The fourth-order valence-electron chi connectivity index (χ4n) is 4.39. The molecule has 0 saturated carbocycles. The van der Waals surface area contributed by atoms with Gasteiger partial charge in [0.15, 0.2) is 0 Å². The number of thioether (sulfide) groups is 1. The Kier molecular flexibility index (Phi) is 7.01. The summed E-state index contributed by atoms with van der Waals surface area (Å²) in [5.41, 5.74) is 6.44. The summed E-state index contributed by atoms with van der Waals surface area (Å²) < 4.78 is 2.29. The minimum atomic E-state index is -0.0593. The first kappa shape index (κ1) is 23.0.